The molecule has 0 radical (unpaired) electrons. The fraction of sp³-hybridized carbons (Fsp3) is 0.789. The second kappa shape index (κ2) is 8.92. The van der Waals surface area contributed by atoms with Crippen LogP contribution in [0.1, 0.15) is 44.0 Å². The molecule has 6 heteroatoms. The molecule has 1 N–H and O–H groups in total. The van der Waals surface area contributed by atoms with Gasteiger partial charge in [0.25, 0.3) is 0 Å². The summed E-state index contributed by atoms with van der Waals surface area (Å²) in [5.41, 5.74) is 2.20. The highest BCUT2D eigenvalue weighted by molar-refractivity contribution is 5.32. The number of rotatable bonds is 6. The van der Waals surface area contributed by atoms with Gasteiger partial charge in [0.2, 0.25) is 5.95 Å². The fourth-order valence-electron chi connectivity index (χ4n) is 3.95. The number of piperidine rings is 1. The van der Waals surface area contributed by atoms with Crippen LogP contribution in [0.5, 0.6) is 0 Å². The van der Waals surface area contributed by atoms with Crippen molar-refractivity contribution in [3.63, 3.8) is 0 Å². The SMILES string of the molecule is CC[C@H](CO)N1CCN(Cc2cc(C)nc(N3CCCCC3)n2)CC1. The molecule has 0 unspecified atom stereocenters. The quantitative estimate of drug-likeness (QED) is 0.845. The summed E-state index contributed by atoms with van der Waals surface area (Å²) in [4.78, 5) is 16.8. The molecule has 1 atom stereocenters. The molecule has 0 spiro atoms. The predicted molar refractivity (Wildman–Crippen MR) is 101 cm³/mol. The number of aromatic nitrogens is 2. The lowest BCUT2D eigenvalue weighted by molar-refractivity contribution is 0.0603. The van der Waals surface area contributed by atoms with E-state index in [1.807, 2.05) is 0 Å². The number of aliphatic hydroxyl groups excluding tert-OH is 1. The first-order chi connectivity index (χ1) is 12.2. The molecule has 0 amide bonds. The Morgan fingerprint density at radius 1 is 1.04 bits per heavy atom. The number of aryl methyl sites for hydroxylation is 1. The van der Waals surface area contributed by atoms with Gasteiger partial charge in [-0.05, 0) is 38.7 Å². The van der Waals surface area contributed by atoms with E-state index in [1.54, 1.807) is 0 Å². The van der Waals surface area contributed by atoms with Crippen molar-refractivity contribution in [3.05, 3.63) is 17.5 Å². The van der Waals surface area contributed by atoms with Crippen molar-refractivity contribution in [3.8, 4) is 0 Å². The van der Waals surface area contributed by atoms with E-state index in [0.717, 1.165) is 69.6 Å². The topological polar surface area (TPSA) is 55.7 Å². The molecule has 0 saturated carbocycles. The van der Waals surface area contributed by atoms with Crippen LogP contribution >= 0.6 is 0 Å². The van der Waals surface area contributed by atoms with Crippen molar-refractivity contribution >= 4 is 5.95 Å². The van der Waals surface area contributed by atoms with Crippen molar-refractivity contribution in [2.24, 2.45) is 0 Å². The zero-order chi connectivity index (χ0) is 17.6. The molecule has 140 valence electrons. The summed E-state index contributed by atoms with van der Waals surface area (Å²) < 4.78 is 0. The largest absolute Gasteiger partial charge is 0.395 e. The lowest BCUT2D eigenvalue weighted by Gasteiger charge is -2.38. The number of hydrogen-bond donors (Lipinski definition) is 1. The Morgan fingerprint density at radius 3 is 2.40 bits per heavy atom. The molecule has 3 rings (SSSR count). The molecular weight excluding hydrogens is 314 g/mol. The van der Waals surface area contributed by atoms with Gasteiger partial charge in [-0.1, -0.05) is 6.92 Å². The third kappa shape index (κ3) is 4.90. The summed E-state index contributed by atoms with van der Waals surface area (Å²) in [6, 6.07) is 2.44. The molecule has 2 aliphatic heterocycles. The number of piperazine rings is 1. The normalized spacial score (nSPS) is 21.5. The highest BCUT2D eigenvalue weighted by atomic mass is 16.3. The molecule has 3 heterocycles. The van der Waals surface area contributed by atoms with Crippen LogP contribution in [0.2, 0.25) is 0 Å². The molecule has 2 saturated heterocycles. The number of anilines is 1. The maximum atomic E-state index is 9.49. The fourth-order valence-corrected chi connectivity index (χ4v) is 3.95. The summed E-state index contributed by atoms with van der Waals surface area (Å²) in [6.07, 6.45) is 4.84. The summed E-state index contributed by atoms with van der Waals surface area (Å²) >= 11 is 0. The molecule has 1 aromatic heterocycles. The molecular formula is C19H33N5O. The van der Waals surface area contributed by atoms with Crippen LogP contribution in [0, 0.1) is 6.92 Å². The summed E-state index contributed by atoms with van der Waals surface area (Å²) in [6.45, 7) is 11.7. The van der Waals surface area contributed by atoms with Gasteiger partial charge in [-0.2, -0.15) is 0 Å². The third-order valence-corrected chi connectivity index (χ3v) is 5.53. The number of nitrogens with zero attached hydrogens (tertiary/aromatic N) is 5. The molecule has 0 bridgehead atoms. The standard InChI is InChI=1S/C19H33N5O/c1-3-18(15-25)23-11-9-22(10-12-23)14-17-13-16(2)20-19(21-17)24-7-5-4-6-8-24/h13,18,25H,3-12,14-15H2,1-2H3/t18-/m1/s1. The van der Waals surface area contributed by atoms with Crippen LogP contribution < -0.4 is 4.90 Å². The Bertz CT molecular complexity index is 535. The van der Waals surface area contributed by atoms with Crippen molar-refractivity contribution in [1.82, 2.24) is 19.8 Å². The maximum Gasteiger partial charge on any atom is 0.225 e. The summed E-state index contributed by atoms with van der Waals surface area (Å²) in [5, 5.41) is 9.49. The van der Waals surface area contributed by atoms with Crippen LogP contribution in [-0.2, 0) is 6.54 Å². The van der Waals surface area contributed by atoms with Crippen LogP contribution in [-0.4, -0.2) is 76.8 Å². The lowest BCUT2D eigenvalue weighted by atomic mass is 10.1. The average Bonchev–Trinajstić information content (AvgIpc) is 2.64. The van der Waals surface area contributed by atoms with E-state index >= 15 is 0 Å². The van der Waals surface area contributed by atoms with Crippen molar-refractivity contribution < 1.29 is 5.11 Å². The van der Waals surface area contributed by atoms with E-state index < -0.39 is 0 Å². The first-order valence-corrected chi connectivity index (χ1v) is 9.86. The van der Waals surface area contributed by atoms with Gasteiger partial charge < -0.3 is 10.0 Å². The van der Waals surface area contributed by atoms with E-state index in [2.05, 4.69) is 39.6 Å². The minimum absolute atomic E-state index is 0.265. The van der Waals surface area contributed by atoms with Gasteiger partial charge in [-0.3, -0.25) is 9.80 Å². The van der Waals surface area contributed by atoms with Crippen molar-refractivity contribution in [1.29, 1.82) is 0 Å². The summed E-state index contributed by atoms with van der Waals surface area (Å²) in [5.74, 6) is 0.916. The van der Waals surface area contributed by atoms with Crippen LogP contribution in [0.3, 0.4) is 0 Å². The molecule has 0 aliphatic carbocycles. The Labute approximate surface area is 151 Å². The molecule has 1 aromatic rings. The second-order valence-corrected chi connectivity index (χ2v) is 7.41. The van der Waals surface area contributed by atoms with E-state index in [-0.39, 0.29) is 6.61 Å². The van der Waals surface area contributed by atoms with E-state index in [4.69, 9.17) is 4.98 Å². The molecule has 6 nitrogen and oxygen atoms in total. The number of hydrogen-bond acceptors (Lipinski definition) is 6. The highest BCUT2D eigenvalue weighted by Gasteiger charge is 2.23. The van der Waals surface area contributed by atoms with E-state index in [0.29, 0.717) is 6.04 Å². The third-order valence-electron chi connectivity index (χ3n) is 5.53. The monoisotopic (exact) mass is 347 g/mol. The van der Waals surface area contributed by atoms with Gasteiger partial charge in [-0.25, -0.2) is 9.97 Å². The van der Waals surface area contributed by atoms with Crippen LogP contribution in [0.15, 0.2) is 6.07 Å². The van der Waals surface area contributed by atoms with Crippen LogP contribution in [0.4, 0.5) is 5.95 Å². The molecule has 2 fully saturated rings. The zero-order valence-corrected chi connectivity index (χ0v) is 15.8. The highest BCUT2D eigenvalue weighted by Crippen LogP contribution is 2.18. The predicted octanol–water partition coefficient (Wildman–Crippen LogP) is 1.66. The first-order valence-electron chi connectivity index (χ1n) is 9.86. The van der Waals surface area contributed by atoms with Crippen molar-refractivity contribution in [2.45, 2.75) is 52.1 Å². The Kier molecular flexibility index (Phi) is 6.62. The van der Waals surface area contributed by atoms with Gasteiger partial charge in [0.05, 0.1) is 12.3 Å². The Hall–Kier alpha value is -1.24. The average molecular weight is 348 g/mol. The van der Waals surface area contributed by atoms with E-state index in [1.165, 1.54) is 19.3 Å². The summed E-state index contributed by atoms with van der Waals surface area (Å²) in [7, 11) is 0. The number of aliphatic hydroxyl groups is 1. The molecule has 0 aromatic carbocycles. The molecule has 25 heavy (non-hydrogen) atoms. The lowest BCUT2D eigenvalue weighted by Crippen LogP contribution is -2.50. The van der Waals surface area contributed by atoms with Crippen LogP contribution in [0.25, 0.3) is 0 Å². The minimum atomic E-state index is 0.265. The molecule has 2 aliphatic rings. The minimum Gasteiger partial charge on any atom is -0.395 e. The van der Waals surface area contributed by atoms with Gasteiger partial charge in [0, 0.05) is 57.5 Å². The van der Waals surface area contributed by atoms with Gasteiger partial charge in [0.1, 0.15) is 0 Å². The Morgan fingerprint density at radius 2 is 1.76 bits per heavy atom. The zero-order valence-electron chi connectivity index (χ0n) is 15.8. The first kappa shape index (κ1) is 18.5. The maximum absolute atomic E-state index is 9.49. The van der Waals surface area contributed by atoms with Gasteiger partial charge in [0.15, 0.2) is 0 Å². The van der Waals surface area contributed by atoms with Gasteiger partial charge in [-0.15, -0.1) is 0 Å². The van der Waals surface area contributed by atoms with Gasteiger partial charge >= 0.3 is 0 Å². The second-order valence-electron chi connectivity index (χ2n) is 7.41. The Balaban J connectivity index is 1.59. The van der Waals surface area contributed by atoms with E-state index in [9.17, 15) is 5.11 Å². The van der Waals surface area contributed by atoms with Crippen molar-refractivity contribution in [2.75, 3.05) is 50.8 Å². The smallest absolute Gasteiger partial charge is 0.225 e.